The Labute approximate surface area is 112 Å². The first-order valence-corrected chi connectivity index (χ1v) is 6.12. The molecule has 0 radical (unpaired) electrons. The van der Waals surface area contributed by atoms with Crippen molar-refractivity contribution in [1.29, 1.82) is 0 Å². The van der Waals surface area contributed by atoms with E-state index in [4.69, 9.17) is 0 Å². The molecule has 0 aliphatic carbocycles. The molecule has 5 heteroatoms. The van der Waals surface area contributed by atoms with Crippen molar-refractivity contribution in [3.8, 4) is 0 Å². The normalized spacial score (nSPS) is 10.1. The standard InChI is InChI=1S/C13H11BrN2O2/c1-8-4-5-9(14)7-11(8)16-13(18)10-3-2-6-15-12(10)17/h2-7H,1H3,(H,15,17)(H,16,18). The second-order valence-corrected chi connectivity index (χ2v) is 4.74. The van der Waals surface area contributed by atoms with E-state index in [9.17, 15) is 9.59 Å². The monoisotopic (exact) mass is 306 g/mol. The number of nitrogens with one attached hydrogen (secondary N) is 2. The van der Waals surface area contributed by atoms with Crippen molar-refractivity contribution in [2.45, 2.75) is 6.92 Å². The Bertz CT molecular complexity index is 649. The van der Waals surface area contributed by atoms with Crippen LogP contribution in [0.25, 0.3) is 0 Å². The zero-order valence-electron chi connectivity index (χ0n) is 9.66. The average molecular weight is 307 g/mol. The van der Waals surface area contributed by atoms with Crippen molar-refractivity contribution in [2.24, 2.45) is 0 Å². The summed E-state index contributed by atoms with van der Waals surface area (Å²) in [6.07, 6.45) is 1.49. The lowest BCUT2D eigenvalue weighted by Gasteiger charge is -2.08. The van der Waals surface area contributed by atoms with Gasteiger partial charge in [0, 0.05) is 16.4 Å². The van der Waals surface area contributed by atoms with Crippen LogP contribution < -0.4 is 10.9 Å². The van der Waals surface area contributed by atoms with Gasteiger partial charge in [0.05, 0.1) is 0 Å². The molecule has 0 bridgehead atoms. The predicted octanol–water partition coefficient (Wildman–Crippen LogP) is 2.70. The maximum Gasteiger partial charge on any atom is 0.261 e. The molecule has 1 aromatic carbocycles. The number of aromatic nitrogens is 1. The highest BCUT2D eigenvalue weighted by Gasteiger charge is 2.11. The van der Waals surface area contributed by atoms with Crippen LogP contribution in [0.1, 0.15) is 15.9 Å². The van der Waals surface area contributed by atoms with E-state index in [0.717, 1.165) is 10.0 Å². The number of carbonyl (C=O) groups is 1. The summed E-state index contributed by atoms with van der Waals surface area (Å²) in [6.45, 7) is 1.89. The molecule has 2 N–H and O–H groups in total. The third-order valence-electron chi connectivity index (χ3n) is 2.51. The molecule has 18 heavy (non-hydrogen) atoms. The molecule has 0 unspecified atom stereocenters. The van der Waals surface area contributed by atoms with Crippen LogP contribution in [0.3, 0.4) is 0 Å². The number of hydrogen-bond acceptors (Lipinski definition) is 2. The van der Waals surface area contributed by atoms with Gasteiger partial charge in [0.15, 0.2) is 0 Å². The molecular weight excluding hydrogens is 296 g/mol. The molecule has 0 atom stereocenters. The van der Waals surface area contributed by atoms with Crippen molar-refractivity contribution in [3.63, 3.8) is 0 Å². The largest absolute Gasteiger partial charge is 0.328 e. The number of halogens is 1. The SMILES string of the molecule is Cc1ccc(Br)cc1NC(=O)c1ccc[nH]c1=O. The van der Waals surface area contributed by atoms with Gasteiger partial charge in [-0.3, -0.25) is 9.59 Å². The minimum Gasteiger partial charge on any atom is -0.328 e. The van der Waals surface area contributed by atoms with E-state index in [1.54, 1.807) is 12.1 Å². The van der Waals surface area contributed by atoms with E-state index in [1.807, 2.05) is 19.1 Å². The molecule has 2 aromatic rings. The van der Waals surface area contributed by atoms with Crippen molar-refractivity contribution < 1.29 is 4.79 Å². The van der Waals surface area contributed by atoms with E-state index in [-0.39, 0.29) is 5.56 Å². The smallest absolute Gasteiger partial charge is 0.261 e. The molecule has 2 rings (SSSR count). The van der Waals surface area contributed by atoms with Gasteiger partial charge in [0.2, 0.25) is 0 Å². The Morgan fingerprint density at radius 2 is 2.11 bits per heavy atom. The highest BCUT2D eigenvalue weighted by molar-refractivity contribution is 9.10. The van der Waals surface area contributed by atoms with Gasteiger partial charge in [-0.2, -0.15) is 0 Å². The van der Waals surface area contributed by atoms with Crippen LogP contribution in [0, 0.1) is 6.92 Å². The van der Waals surface area contributed by atoms with E-state index in [0.29, 0.717) is 5.69 Å². The number of aromatic amines is 1. The molecular formula is C13H11BrN2O2. The van der Waals surface area contributed by atoms with E-state index in [1.165, 1.54) is 12.3 Å². The summed E-state index contributed by atoms with van der Waals surface area (Å²) >= 11 is 3.34. The molecule has 0 saturated carbocycles. The average Bonchev–Trinajstić information content (AvgIpc) is 2.34. The third-order valence-corrected chi connectivity index (χ3v) is 3.00. The molecule has 0 aliphatic heterocycles. The minimum absolute atomic E-state index is 0.0943. The Morgan fingerprint density at radius 1 is 1.33 bits per heavy atom. The predicted molar refractivity (Wildman–Crippen MR) is 73.9 cm³/mol. The van der Waals surface area contributed by atoms with Crippen molar-refractivity contribution in [3.05, 3.63) is 62.5 Å². The fourth-order valence-electron chi connectivity index (χ4n) is 1.52. The summed E-state index contributed by atoms with van der Waals surface area (Å²) in [5, 5.41) is 2.72. The fraction of sp³-hybridized carbons (Fsp3) is 0.0769. The summed E-state index contributed by atoms with van der Waals surface area (Å²) < 4.78 is 0.866. The Hall–Kier alpha value is -1.88. The van der Waals surface area contributed by atoms with Crippen molar-refractivity contribution in [2.75, 3.05) is 5.32 Å². The molecule has 0 saturated heterocycles. The molecule has 1 amide bonds. The molecule has 4 nitrogen and oxygen atoms in total. The van der Waals surface area contributed by atoms with Crippen molar-refractivity contribution >= 4 is 27.5 Å². The van der Waals surface area contributed by atoms with Gasteiger partial charge in [-0.25, -0.2) is 0 Å². The molecule has 1 heterocycles. The van der Waals surface area contributed by atoms with E-state index < -0.39 is 11.5 Å². The van der Waals surface area contributed by atoms with Gasteiger partial charge >= 0.3 is 0 Å². The minimum atomic E-state index is -0.418. The number of aryl methyl sites for hydroxylation is 1. The number of carbonyl (C=O) groups excluding carboxylic acids is 1. The first-order chi connectivity index (χ1) is 8.58. The van der Waals surface area contributed by atoms with Gasteiger partial charge < -0.3 is 10.3 Å². The van der Waals surface area contributed by atoms with Crippen LogP contribution >= 0.6 is 15.9 Å². The second-order valence-electron chi connectivity index (χ2n) is 3.83. The van der Waals surface area contributed by atoms with Crippen LogP contribution in [-0.2, 0) is 0 Å². The number of anilines is 1. The van der Waals surface area contributed by atoms with Crippen LogP contribution in [0.15, 0.2) is 45.8 Å². The first kappa shape index (κ1) is 12.6. The topological polar surface area (TPSA) is 62.0 Å². The zero-order valence-corrected chi connectivity index (χ0v) is 11.2. The highest BCUT2D eigenvalue weighted by atomic mass is 79.9. The fourth-order valence-corrected chi connectivity index (χ4v) is 1.88. The number of pyridine rings is 1. The third kappa shape index (κ3) is 2.68. The number of amides is 1. The quantitative estimate of drug-likeness (QED) is 0.896. The van der Waals surface area contributed by atoms with Gasteiger partial charge in [0.1, 0.15) is 5.56 Å². The lowest BCUT2D eigenvalue weighted by molar-refractivity contribution is 0.102. The number of hydrogen-bond donors (Lipinski definition) is 2. The molecule has 0 fully saturated rings. The van der Waals surface area contributed by atoms with E-state index >= 15 is 0 Å². The Kier molecular flexibility index (Phi) is 3.62. The molecule has 0 aliphatic rings. The summed E-state index contributed by atoms with van der Waals surface area (Å²) in [7, 11) is 0. The molecule has 1 aromatic heterocycles. The number of H-pyrrole nitrogens is 1. The summed E-state index contributed by atoms with van der Waals surface area (Å²) in [5.41, 5.74) is 1.30. The van der Waals surface area contributed by atoms with Crippen LogP contribution in [0.5, 0.6) is 0 Å². The van der Waals surface area contributed by atoms with Crippen molar-refractivity contribution in [1.82, 2.24) is 4.98 Å². The Morgan fingerprint density at radius 3 is 2.83 bits per heavy atom. The van der Waals surface area contributed by atoms with Gasteiger partial charge in [-0.1, -0.05) is 22.0 Å². The summed E-state index contributed by atoms with van der Waals surface area (Å²) in [4.78, 5) is 25.9. The van der Waals surface area contributed by atoms with Crippen LogP contribution in [0.2, 0.25) is 0 Å². The van der Waals surface area contributed by atoms with Gasteiger partial charge in [-0.05, 0) is 36.8 Å². The maximum atomic E-state index is 12.0. The van der Waals surface area contributed by atoms with E-state index in [2.05, 4.69) is 26.2 Å². The van der Waals surface area contributed by atoms with Crippen LogP contribution in [0.4, 0.5) is 5.69 Å². The number of benzene rings is 1. The molecule has 92 valence electrons. The summed E-state index contributed by atoms with van der Waals surface area (Å²) in [6, 6.07) is 8.67. The highest BCUT2D eigenvalue weighted by Crippen LogP contribution is 2.20. The lowest BCUT2D eigenvalue weighted by Crippen LogP contribution is -2.22. The van der Waals surface area contributed by atoms with Gasteiger partial charge in [0.25, 0.3) is 11.5 Å². The number of rotatable bonds is 2. The first-order valence-electron chi connectivity index (χ1n) is 5.33. The maximum absolute atomic E-state index is 12.0. The second kappa shape index (κ2) is 5.18. The lowest BCUT2D eigenvalue weighted by atomic mass is 10.2. The Balaban J connectivity index is 2.30. The van der Waals surface area contributed by atoms with Gasteiger partial charge in [-0.15, -0.1) is 0 Å². The van der Waals surface area contributed by atoms with Crippen LogP contribution in [-0.4, -0.2) is 10.9 Å². The zero-order chi connectivity index (χ0) is 13.1. The summed E-state index contributed by atoms with van der Waals surface area (Å²) in [5.74, 6) is -0.418. The molecule has 0 spiro atoms.